The molecule has 5 heteroatoms. The Bertz CT molecular complexity index is 790. The minimum atomic E-state index is -0.776. The largest absolute Gasteiger partial charge is 0.448 e. The van der Waals surface area contributed by atoms with Gasteiger partial charge < -0.3 is 10.1 Å². The van der Waals surface area contributed by atoms with Crippen molar-refractivity contribution in [1.82, 2.24) is 5.32 Å². The quantitative estimate of drug-likeness (QED) is 0.523. The van der Waals surface area contributed by atoms with Crippen LogP contribution in [0.15, 0.2) is 60.3 Å². The Kier molecular flexibility index (Phi) is 5.87. The number of amides is 1. The first-order chi connectivity index (χ1) is 11.6. The second-order valence-electron chi connectivity index (χ2n) is 4.71. The van der Waals surface area contributed by atoms with Gasteiger partial charge >= 0.3 is 5.97 Å². The molecule has 0 radical (unpaired) electrons. The maximum Gasteiger partial charge on any atom is 0.355 e. The van der Waals surface area contributed by atoms with Crippen LogP contribution in [0.4, 0.5) is 4.39 Å². The van der Waals surface area contributed by atoms with Crippen LogP contribution in [0, 0.1) is 18.2 Å². The highest BCUT2D eigenvalue weighted by atomic mass is 19.1. The zero-order valence-electron chi connectivity index (χ0n) is 12.7. The molecule has 0 aromatic heterocycles. The van der Waals surface area contributed by atoms with Gasteiger partial charge in [-0.1, -0.05) is 36.3 Å². The molecule has 2 rings (SSSR count). The molecule has 0 spiro atoms. The van der Waals surface area contributed by atoms with Crippen LogP contribution < -0.4 is 5.32 Å². The minimum Gasteiger partial charge on any atom is -0.448 e. The van der Waals surface area contributed by atoms with Crippen molar-refractivity contribution in [3.05, 3.63) is 77.2 Å². The lowest BCUT2D eigenvalue weighted by atomic mass is 10.1. The summed E-state index contributed by atoms with van der Waals surface area (Å²) in [5, 5.41) is 2.49. The Hall–Kier alpha value is -3.39. The van der Waals surface area contributed by atoms with Crippen molar-refractivity contribution in [2.75, 3.05) is 6.61 Å². The molecule has 0 saturated heterocycles. The Balaban J connectivity index is 2.25. The Morgan fingerprint density at radius 2 is 1.79 bits per heavy atom. The average molecular weight is 323 g/mol. The summed E-state index contributed by atoms with van der Waals surface area (Å²) in [7, 11) is 0. The first-order valence-electron chi connectivity index (χ1n) is 7.04. The zero-order chi connectivity index (χ0) is 17.4. The smallest absolute Gasteiger partial charge is 0.355 e. The van der Waals surface area contributed by atoms with Gasteiger partial charge in [0.2, 0.25) is 0 Å². The van der Waals surface area contributed by atoms with Crippen molar-refractivity contribution in [2.24, 2.45) is 0 Å². The predicted octanol–water partition coefficient (Wildman–Crippen LogP) is 2.77. The van der Waals surface area contributed by atoms with Gasteiger partial charge in [0.15, 0.2) is 6.61 Å². The van der Waals surface area contributed by atoms with Crippen LogP contribution in [-0.4, -0.2) is 18.5 Å². The normalized spacial score (nSPS) is 10.6. The summed E-state index contributed by atoms with van der Waals surface area (Å²) in [5.74, 6) is 0.525. The summed E-state index contributed by atoms with van der Waals surface area (Å²) < 4.78 is 17.8. The van der Waals surface area contributed by atoms with Crippen LogP contribution in [0.25, 0.3) is 6.08 Å². The molecule has 24 heavy (non-hydrogen) atoms. The number of ether oxygens (including phenoxy) is 1. The van der Waals surface area contributed by atoms with E-state index in [1.54, 1.807) is 30.3 Å². The molecule has 2 aromatic rings. The zero-order valence-corrected chi connectivity index (χ0v) is 12.7. The van der Waals surface area contributed by atoms with E-state index in [1.165, 1.54) is 30.3 Å². The topological polar surface area (TPSA) is 55.4 Å². The van der Waals surface area contributed by atoms with E-state index in [0.29, 0.717) is 11.1 Å². The molecule has 0 saturated carbocycles. The number of hydrogen-bond donors (Lipinski definition) is 1. The van der Waals surface area contributed by atoms with E-state index in [0.717, 1.165) is 0 Å². The summed E-state index contributed by atoms with van der Waals surface area (Å²) in [4.78, 5) is 24.3. The van der Waals surface area contributed by atoms with Crippen molar-refractivity contribution in [2.45, 2.75) is 0 Å². The fraction of sp³-hybridized carbons (Fsp3) is 0.0526. The third kappa shape index (κ3) is 4.82. The fourth-order valence-electron chi connectivity index (χ4n) is 1.84. The van der Waals surface area contributed by atoms with E-state index in [1.807, 2.05) is 0 Å². The fourth-order valence-corrected chi connectivity index (χ4v) is 1.84. The lowest BCUT2D eigenvalue weighted by Crippen LogP contribution is -2.28. The van der Waals surface area contributed by atoms with E-state index in [4.69, 9.17) is 11.2 Å². The highest BCUT2D eigenvalue weighted by Gasteiger charge is 2.15. The Morgan fingerprint density at radius 1 is 1.12 bits per heavy atom. The van der Waals surface area contributed by atoms with Gasteiger partial charge in [0.05, 0.1) is 0 Å². The van der Waals surface area contributed by atoms with Crippen LogP contribution >= 0.6 is 0 Å². The summed E-state index contributed by atoms with van der Waals surface area (Å²) in [6.45, 7) is -0.221. The molecular formula is C19H14FNO3. The lowest BCUT2D eigenvalue weighted by molar-refractivity contribution is -0.137. The summed E-state index contributed by atoms with van der Waals surface area (Å²) in [6, 6.07) is 13.8. The molecule has 1 N–H and O–H groups in total. The molecule has 0 unspecified atom stereocenters. The first-order valence-corrected chi connectivity index (χ1v) is 7.04. The summed E-state index contributed by atoms with van der Waals surface area (Å²) in [6.07, 6.45) is 6.45. The van der Waals surface area contributed by atoms with Crippen molar-refractivity contribution >= 4 is 18.0 Å². The molecular weight excluding hydrogens is 309 g/mol. The second kappa shape index (κ2) is 8.30. The number of esters is 1. The lowest BCUT2D eigenvalue weighted by Gasteiger charge is -2.09. The number of rotatable bonds is 5. The van der Waals surface area contributed by atoms with Gasteiger partial charge in [0.1, 0.15) is 11.5 Å². The van der Waals surface area contributed by atoms with Crippen molar-refractivity contribution < 1.29 is 18.7 Å². The van der Waals surface area contributed by atoms with Gasteiger partial charge in [0.25, 0.3) is 5.91 Å². The van der Waals surface area contributed by atoms with Gasteiger partial charge in [-0.15, -0.1) is 6.42 Å². The average Bonchev–Trinajstić information content (AvgIpc) is 2.61. The number of nitrogens with one attached hydrogen (secondary N) is 1. The second-order valence-corrected chi connectivity index (χ2v) is 4.71. The Morgan fingerprint density at radius 3 is 2.42 bits per heavy atom. The molecule has 0 aliphatic heterocycles. The van der Waals surface area contributed by atoms with Gasteiger partial charge in [-0.2, -0.15) is 0 Å². The number of carbonyl (C=O) groups excluding carboxylic acids is 2. The van der Waals surface area contributed by atoms with Crippen LogP contribution in [0.5, 0.6) is 0 Å². The molecule has 1 amide bonds. The van der Waals surface area contributed by atoms with Crippen LogP contribution in [0.2, 0.25) is 0 Å². The monoisotopic (exact) mass is 323 g/mol. The van der Waals surface area contributed by atoms with E-state index in [2.05, 4.69) is 11.2 Å². The van der Waals surface area contributed by atoms with Gasteiger partial charge in [0, 0.05) is 5.56 Å². The van der Waals surface area contributed by atoms with Gasteiger partial charge in [-0.05, 0) is 35.9 Å². The third-order valence-electron chi connectivity index (χ3n) is 2.97. The van der Waals surface area contributed by atoms with Crippen LogP contribution in [0.1, 0.15) is 15.9 Å². The first kappa shape index (κ1) is 17.0. The SMILES string of the molecule is C#CCOC(=O)/C(=C/c1ccc(F)cc1)NC(=O)c1ccccc1. The third-order valence-corrected chi connectivity index (χ3v) is 2.97. The van der Waals surface area contributed by atoms with Crippen LogP contribution in [0.3, 0.4) is 0 Å². The number of terminal acetylenes is 1. The molecule has 0 fully saturated rings. The Labute approximate surface area is 139 Å². The molecule has 4 nitrogen and oxygen atoms in total. The molecule has 0 aliphatic rings. The van der Waals surface area contributed by atoms with Crippen molar-refractivity contribution in [3.63, 3.8) is 0 Å². The van der Waals surface area contributed by atoms with E-state index >= 15 is 0 Å². The van der Waals surface area contributed by atoms with Gasteiger partial charge in [-0.25, -0.2) is 9.18 Å². The van der Waals surface area contributed by atoms with E-state index in [-0.39, 0.29) is 12.3 Å². The molecule has 120 valence electrons. The standard InChI is InChI=1S/C19H14FNO3/c1-2-12-24-19(23)17(13-14-8-10-16(20)11-9-14)21-18(22)15-6-4-3-5-7-15/h1,3-11,13H,12H2,(H,21,22)/b17-13-. The number of benzene rings is 2. The minimum absolute atomic E-state index is 0.0919. The van der Waals surface area contributed by atoms with E-state index < -0.39 is 17.7 Å². The molecule has 0 atom stereocenters. The maximum absolute atomic E-state index is 13.0. The molecule has 2 aromatic carbocycles. The highest BCUT2D eigenvalue weighted by Crippen LogP contribution is 2.09. The molecule has 0 heterocycles. The summed E-state index contributed by atoms with van der Waals surface area (Å²) in [5.41, 5.74) is 0.815. The molecule has 0 bridgehead atoms. The molecule has 0 aliphatic carbocycles. The maximum atomic E-state index is 13.0. The summed E-state index contributed by atoms with van der Waals surface area (Å²) >= 11 is 0. The predicted molar refractivity (Wildman–Crippen MR) is 88.1 cm³/mol. The number of hydrogen-bond acceptors (Lipinski definition) is 3. The van der Waals surface area contributed by atoms with Crippen molar-refractivity contribution in [1.29, 1.82) is 0 Å². The van der Waals surface area contributed by atoms with Crippen LogP contribution in [-0.2, 0) is 9.53 Å². The van der Waals surface area contributed by atoms with Gasteiger partial charge in [-0.3, -0.25) is 4.79 Å². The van der Waals surface area contributed by atoms with Crippen molar-refractivity contribution in [3.8, 4) is 12.3 Å². The van der Waals surface area contributed by atoms with E-state index in [9.17, 15) is 14.0 Å². The number of carbonyl (C=O) groups is 2. The highest BCUT2D eigenvalue weighted by molar-refractivity contribution is 6.03. The number of halogens is 1.